The van der Waals surface area contributed by atoms with E-state index in [1.807, 2.05) is 13.8 Å². The summed E-state index contributed by atoms with van der Waals surface area (Å²) in [5, 5.41) is 7.71. The molecule has 0 unspecified atom stereocenters. The number of thiophene rings is 1. The largest absolute Gasteiger partial charge is 0.459 e. The van der Waals surface area contributed by atoms with Crippen molar-refractivity contribution in [2.45, 2.75) is 52.6 Å². The van der Waals surface area contributed by atoms with E-state index in [1.54, 1.807) is 24.9 Å². The first-order valence-electron chi connectivity index (χ1n) is 8.54. The predicted octanol–water partition coefficient (Wildman–Crippen LogP) is 3.49. The number of nitrogens with one attached hydrogen (secondary N) is 1. The SMILES string of the molecule is Cc1nn(C)cc1C(=O)Nc1sc2c(c1C(=O)OC(C)C)CCCC2. The third-order valence-electron chi connectivity index (χ3n) is 4.20. The van der Waals surface area contributed by atoms with E-state index in [-0.39, 0.29) is 18.0 Å². The van der Waals surface area contributed by atoms with Crippen molar-refractivity contribution < 1.29 is 14.3 Å². The summed E-state index contributed by atoms with van der Waals surface area (Å²) >= 11 is 1.49. The van der Waals surface area contributed by atoms with Gasteiger partial charge >= 0.3 is 5.97 Å². The number of hydrogen-bond donors (Lipinski definition) is 1. The Bertz CT molecular complexity index is 820. The van der Waals surface area contributed by atoms with Gasteiger partial charge in [0.25, 0.3) is 5.91 Å². The number of rotatable bonds is 4. The molecular weight excluding hydrogens is 338 g/mol. The monoisotopic (exact) mass is 361 g/mol. The lowest BCUT2D eigenvalue weighted by molar-refractivity contribution is 0.0378. The zero-order chi connectivity index (χ0) is 18.1. The molecule has 0 spiro atoms. The van der Waals surface area contributed by atoms with Crippen LogP contribution in [0.3, 0.4) is 0 Å². The molecule has 2 aromatic heterocycles. The molecule has 6 nitrogen and oxygen atoms in total. The fraction of sp³-hybridized carbons (Fsp3) is 0.500. The molecule has 134 valence electrons. The fourth-order valence-corrected chi connectivity index (χ4v) is 4.41. The molecular formula is C18H23N3O3S. The molecule has 0 saturated carbocycles. The van der Waals surface area contributed by atoms with Gasteiger partial charge in [0.15, 0.2) is 0 Å². The molecule has 3 rings (SSSR count). The van der Waals surface area contributed by atoms with Crippen LogP contribution < -0.4 is 5.32 Å². The first-order chi connectivity index (χ1) is 11.9. The van der Waals surface area contributed by atoms with Crippen LogP contribution in [0.1, 0.15) is 63.5 Å². The highest BCUT2D eigenvalue weighted by Gasteiger charge is 2.28. The number of nitrogens with zero attached hydrogens (tertiary/aromatic N) is 2. The van der Waals surface area contributed by atoms with Crippen molar-refractivity contribution in [3.8, 4) is 0 Å². The van der Waals surface area contributed by atoms with Crippen molar-refractivity contribution in [3.63, 3.8) is 0 Å². The summed E-state index contributed by atoms with van der Waals surface area (Å²) in [4.78, 5) is 26.4. The molecule has 1 amide bonds. The van der Waals surface area contributed by atoms with Crippen LogP contribution in [0.2, 0.25) is 0 Å². The lowest BCUT2D eigenvalue weighted by Gasteiger charge is -2.14. The van der Waals surface area contributed by atoms with E-state index < -0.39 is 0 Å². The lowest BCUT2D eigenvalue weighted by atomic mass is 9.95. The molecule has 0 atom stereocenters. The standard InChI is InChI=1S/C18H23N3O3S/c1-10(2)24-18(23)15-12-7-5-6-8-14(12)25-17(15)19-16(22)13-9-21(4)20-11(13)3/h9-10H,5-8H2,1-4H3,(H,19,22). The summed E-state index contributed by atoms with van der Waals surface area (Å²) in [6.07, 6.45) is 5.46. The molecule has 2 heterocycles. The number of hydrogen-bond acceptors (Lipinski definition) is 5. The molecule has 1 aliphatic rings. The zero-order valence-corrected chi connectivity index (χ0v) is 15.8. The number of anilines is 1. The number of carbonyl (C=O) groups is 2. The van der Waals surface area contributed by atoms with E-state index >= 15 is 0 Å². The quantitative estimate of drug-likeness (QED) is 0.846. The number of carbonyl (C=O) groups excluding carboxylic acids is 2. The van der Waals surface area contributed by atoms with Gasteiger partial charge in [-0.2, -0.15) is 5.10 Å². The molecule has 2 aromatic rings. The molecule has 0 radical (unpaired) electrons. The van der Waals surface area contributed by atoms with Gasteiger partial charge in [-0.25, -0.2) is 4.79 Å². The van der Waals surface area contributed by atoms with Gasteiger partial charge in [0, 0.05) is 18.1 Å². The normalized spacial score (nSPS) is 13.6. The molecule has 1 N–H and O–H groups in total. The Morgan fingerprint density at radius 1 is 1.32 bits per heavy atom. The van der Waals surface area contributed by atoms with Gasteiger partial charge in [-0.3, -0.25) is 9.48 Å². The van der Waals surface area contributed by atoms with E-state index in [0.717, 1.165) is 31.2 Å². The summed E-state index contributed by atoms with van der Waals surface area (Å²) in [5.74, 6) is -0.601. The first-order valence-corrected chi connectivity index (χ1v) is 9.35. The number of aryl methyl sites for hydroxylation is 3. The minimum Gasteiger partial charge on any atom is -0.459 e. The van der Waals surface area contributed by atoms with Crippen LogP contribution in [0, 0.1) is 6.92 Å². The minimum absolute atomic E-state index is 0.198. The van der Waals surface area contributed by atoms with E-state index in [2.05, 4.69) is 10.4 Å². The van der Waals surface area contributed by atoms with Crippen molar-refractivity contribution in [2.75, 3.05) is 5.32 Å². The third kappa shape index (κ3) is 3.61. The van der Waals surface area contributed by atoms with E-state index in [9.17, 15) is 9.59 Å². The van der Waals surface area contributed by atoms with Crippen molar-refractivity contribution in [1.82, 2.24) is 9.78 Å². The summed E-state index contributed by atoms with van der Waals surface area (Å²) in [6, 6.07) is 0. The van der Waals surface area contributed by atoms with Crippen LogP contribution in [0.4, 0.5) is 5.00 Å². The number of fused-ring (bicyclic) bond motifs is 1. The van der Waals surface area contributed by atoms with Gasteiger partial charge < -0.3 is 10.1 Å². The van der Waals surface area contributed by atoms with E-state index in [0.29, 0.717) is 21.8 Å². The lowest BCUT2D eigenvalue weighted by Crippen LogP contribution is -2.18. The Morgan fingerprint density at radius 3 is 2.68 bits per heavy atom. The molecule has 25 heavy (non-hydrogen) atoms. The van der Waals surface area contributed by atoms with Gasteiger partial charge in [0.05, 0.1) is 22.9 Å². The second kappa shape index (κ2) is 7.00. The topological polar surface area (TPSA) is 73.2 Å². The molecule has 0 aliphatic heterocycles. The summed E-state index contributed by atoms with van der Waals surface area (Å²) in [5.41, 5.74) is 2.74. The molecule has 0 aromatic carbocycles. The number of ether oxygens (including phenoxy) is 1. The minimum atomic E-state index is -0.354. The average Bonchev–Trinajstić information content (AvgIpc) is 3.05. The van der Waals surface area contributed by atoms with Gasteiger partial charge in [0.2, 0.25) is 0 Å². The highest BCUT2D eigenvalue weighted by molar-refractivity contribution is 7.17. The Hall–Kier alpha value is -2.15. The maximum absolute atomic E-state index is 12.6. The average molecular weight is 361 g/mol. The molecule has 0 fully saturated rings. The Kier molecular flexibility index (Phi) is 4.94. The van der Waals surface area contributed by atoms with Crippen LogP contribution in [0.25, 0.3) is 0 Å². The van der Waals surface area contributed by atoms with Gasteiger partial charge in [-0.15, -0.1) is 11.3 Å². The second-order valence-corrected chi connectivity index (χ2v) is 7.73. The van der Waals surface area contributed by atoms with Crippen LogP contribution in [0.15, 0.2) is 6.20 Å². The second-order valence-electron chi connectivity index (χ2n) is 6.63. The number of esters is 1. The smallest absolute Gasteiger partial charge is 0.341 e. The van der Waals surface area contributed by atoms with Crippen LogP contribution in [-0.4, -0.2) is 27.8 Å². The van der Waals surface area contributed by atoms with E-state index in [1.165, 1.54) is 16.2 Å². The molecule has 7 heteroatoms. The van der Waals surface area contributed by atoms with Crippen molar-refractivity contribution in [2.24, 2.45) is 7.05 Å². The van der Waals surface area contributed by atoms with E-state index in [4.69, 9.17) is 4.74 Å². The third-order valence-corrected chi connectivity index (χ3v) is 5.41. The zero-order valence-electron chi connectivity index (χ0n) is 15.0. The van der Waals surface area contributed by atoms with Gasteiger partial charge in [0.1, 0.15) is 5.00 Å². The predicted molar refractivity (Wildman–Crippen MR) is 97.4 cm³/mol. The number of amides is 1. The van der Waals surface area contributed by atoms with Gasteiger partial charge in [-0.1, -0.05) is 0 Å². The van der Waals surface area contributed by atoms with Crippen molar-refractivity contribution >= 4 is 28.2 Å². The Labute approximate surface area is 151 Å². The highest BCUT2D eigenvalue weighted by Crippen LogP contribution is 2.39. The van der Waals surface area contributed by atoms with Crippen LogP contribution >= 0.6 is 11.3 Å². The van der Waals surface area contributed by atoms with Crippen LogP contribution in [0.5, 0.6) is 0 Å². The maximum Gasteiger partial charge on any atom is 0.341 e. The first kappa shape index (κ1) is 17.7. The molecule has 0 bridgehead atoms. The highest BCUT2D eigenvalue weighted by atomic mass is 32.1. The molecule has 0 saturated heterocycles. The summed E-state index contributed by atoms with van der Waals surface area (Å²) in [7, 11) is 1.78. The van der Waals surface area contributed by atoms with Crippen LogP contribution in [-0.2, 0) is 24.6 Å². The maximum atomic E-state index is 12.6. The van der Waals surface area contributed by atoms with Crippen molar-refractivity contribution in [1.29, 1.82) is 0 Å². The molecule has 1 aliphatic carbocycles. The summed E-state index contributed by atoms with van der Waals surface area (Å²) in [6.45, 7) is 5.45. The van der Waals surface area contributed by atoms with Gasteiger partial charge in [-0.05, 0) is 52.0 Å². The number of aromatic nitrogens is 2. The van der Waals surface area contributed by atoms with Crippen molar-refractivity contribution in [3.05, 3.63) is 33.5 Å². The Balaban J connectivity index is 1.95. The fourth-order valence-electron chi connectivity index (χ4n) is 3.14. The Morgan fingerprint density at radius 2 is 2.04 bits per heavy atom. The summed E-state index contributed by atoms with van der Waals surface area (Å²) < 4.78 is 7.03.